The summed E-state index contributed by atoms with van der Waals surface area (Å²) < 4.78 is 14.6. The third-order valence-corrected chi connectivity index (χ3v) is 6.96. The van der Waals surface area contributed by atoms with Crippen LogP contribution in [0.25, 0.3) is 0 Å². The largest absolute Gasteiger partial charge is 0.357 e. The molecule has 2 heterocycles. The van der Waals surface area contributed by atoms with Gasteiger partial charge in [0.15, 0.2) is 5.12 Å². The molecule has 2 aromatic carbocycles. The molecule has 3 atom stereocenters. The SMILES string of the molecule is CC(=O)SCC12CO[C@H](c3cccc(Br)c3)N1[C@H](c1cccc(Br)c1)OC2. The van der Waals surface area contributed by atoms with E-state index in [2.05, 4.69) is 61.0 Å². The zero-order chi connectivity index (χ0) is 19.0. The first kappa shape index (κ1) is 19.6. The molecule has 4 nitrogen and oxygen atoms in total. The number of carbonyl (C=O) groups is 1. The first-order chi connectivity index (χ1) is 13.0. The number of benzene rings is 2. The number of fused-ring (bicyclic) bond motifs is 1. The van der Waals surface area contributed by atoms with Crippen LogP contribution >= 0.6 is 43.6 Å². The summed E-state index contributed by atoms with van der Waals surface area (Å²) in [6.45, 7) is 2.68. The predicted octanol–water partition coefficient (Wildman–Crippen LogP) is 5.29. The molecule has 0 bridgehead atoms. The van der Waals surface area contributed by atoms with Crippen molar-refractivity contribution < 1.29 is 14.3 Å². The minimum Gasteiger partial charge on any atom is -0.357 e. The van der Waals surface area contributed by atoms with Gasteiger partial charge < -0.3 is 9.47 Å². The highest BCUT2D eigenvalue weighted by atomic mass is 79.9. The molecule has 0 spiro atoms. The number of hydrogen-bond acceptors (Lipinski definition) is 5. The third kappa shape index (κ3) is 3.91. The number of hydrogen-bond donors (Lipinski definition) is 0. The van der Waals surface area contributed by atoms with E-state index >= 15 is 0 Å². The van der Waals surface area contributed by atoms with Crippen LogP contribution in [0, 0.1) is 0 Å². The van der Waals surface area contributed by atoms with Gasteiger partial charge in [0.25, 0.3) is 0 Å². The van der Waals surface area contributed by atoms with Gasteiger partial charge in [-0.25, -0.2) is 4.90 Å². The Morgan fingerprint density at radius 3 is 2.04 bits per heavy atom. The molecule has 2 aliphatic heterocycles. The van der Waals surface area contributed by atoms with Crippen LogP contribution < -0.4 is 0 Å². The quantitative estimate of drug-likeness (QED) is 0.556. The Labute approximate surface area is 179 Å². The van der Waals surface area contributed by atoms with E-state index in [1.54, 1.807) is 6.92 Å². The van der Waals surface area contributed by atoms with Crippen molar-refractivity contribution in [2.75, 3.05) is 19.0 Å². The lowest BCUT2D eigenvalue weighted by atomic mass is 10.0. The smallest absolute Gasteiger partial charge is 0.185 e. The molecule has 2 aromatic rings. The highest BCUT2D eigenvalue weighted by Crippen LogP contribution is 2.50. The molecule has 0 amide bonds. The maximum absolute atomic E-state index is 11.6. The maximum atomic E-state index is 11.6. The Hall–Kier alpha value is -0.700. The van der Waals surface area contributed by atoms with E-state index in [1.807, 2.05) is 24.3 Å². The predicted molar refractivity (Wildman–Crippen MR) is 113 cm³/mol. The van der Waals surface area contributed by atoms with Gasteiger partial charge in [0, 0.05) is 21.6 Å². The molecule has 0 aromatic heterocycles. The molecule has 0 N–H and O–H groups in total. The molecule has 27 heavy (non-hydrogen) atoms. The first-order valence-corrected chi connectivity index (χ1v) is 11.2. The molecule has 142 valence electrons. The lowest BCUT2D eigenvalue weighted by molar-refractivity contribution is -0.109. The number of carbonyl (C=O) groups excluding carboxylic acids is 1. The highest BCUT2D eigenvalue weighted by molar-refractivity contribution is 9.10. The van der Waals surface area contributed by atoms with Crippen molar-refractivity contribution >= 4 is 48.7 Å². The normalized spacial score (nSPS) is 27.7. The van der Waals surface area contributed by atoms with Gasteiger partial charge >= 0.3 is 0 Å². The summed E-state index contributed by atoms with van der Waals surface area (Å²) in [5.41, 5.74) is 1.82. The Morgan fingerprint density at radius 1 is 1.07 bits per heavy atom. The van der Waals surface area contributed by atoms with Crippen LogP contribution in [0.3, 0.4) is 0 Å². The van der Waals surface area contributed by atoms with Gasteiger partial charge in [-0.15, -0.1) is 0 Å². The van der Waals surface area contributed by atoms with Crippen LogP contribution in [0.4, 0.5) is 0 Å². The summed E-state index contributed by atoms with van der Waals surface area (Å²) in [4.78, 5) is 13.9. The van der Waals surface area contributed by atoms with E-state index < -0.39 is 0 Å². The second-order valence-electron chi connectivity index (χ2n) is 6.85. The second kappa shape index (κ2) is 7.97. The van der Waals surface area contributed by atoms with E-state index in [0.717, 1.165) is 20.1 Å². The van der Waals surface area contributed by atoms with Crippen LogP contribution in [0.5, 0.6) is 0 Å². The number of thioether (sulfide) groups is 1. The molecule has 2 aliphatic rings. The lowest BCUT2D eigenvalue weighted by Gasteiger charge is -2.34. The minimum atomic E-state index is -0.323. The van der Waals surface area contributed by atoms with E-state index in [0.29, 0.717) is 19.0 Å². The number of rotatable bonds is 4. The standard InChI is InChI=1S/C20H19Br2NO3S/c1-13(24)27-12-20-10-25-18(14-4-2-6-16(21)8-14)23(20)19(26-11-20)15-5-3-7-17(22)9-15/h2-9,18-19H,10-12H2,1H3/t18-,19+,20?. The molecule has 0 aliphatic carbocycles. The summed E-state index contributed by atoms with van der Waals surface area (Å²) in [6.07, 6.45) is -0.442. The molecule has 4 rings (SSSR count). The molecule has 2 fully saturated rings. The van der Waals surface area contributed by atoms with Crippen molar-refractivity contribution in [1.82, 2.24) is 4.90 Å². The van der Waals surface area contributed by atoms with Gasteiger partial charge in [-0.1, -0.05) is 67.9 Å². The van der Waals surface area contributed by atoms with Crippen LogP contribution in [-0.4, -0.2) is 34.5 Å². The topological polar surface area (TPSA) is 38.8 Å². The van der Waals surface area contributed by atoms with E-state index in [4.69, 9.17) is 9.47 Å². The van der Waals surface area contributed by atoms with E-state index in [-0.39, 0.29) is 23.1 Å². The van der Waals surface area contributed by atoms with E-state index in [1.165, 1.54) is 11.8 Å². The van der Waals surface area contributed by atoms with Gasteiger partial charge in [0.05, 0.1) is 18.8 Å². The first-order valence-electron chi connectivity index (χ1n) is 8.64. The van der Waals surface area contributed by atoms with Gasteiger partial charge in [0.2, 0.25) is 0 Å². The van der Waals surface area contributed by atoms with Crippen LogP contribution in [-0.2, 0) is 14.3 Å². The maximum Gasteiger partial charge on any atom is 0.185 e. The number of nitrogens with zero attached hydrogens (tertiary/aromatic N) is 1. The number of ether oxygens (including phenoxy) is 2. The van der Waals surface area contributed by atoms with Gasteiger partial charge in [0.1, 0.15) is 12.5 Å². The Kier molecular flexibility index (Phi) is 5.79. The van der Waals surface area contributed by atoms with Crippen molar-refractivity contribution in [1.29, 1.82) is 0 Å². The zero-order valence-electron chi connectivity index (χ0n) is 14.7. The van der Waals surface area contributed by atoms with Crippen LogP contribution in [0.15, 0.2) is 57.5 Å². The van der Waals surface area contributed by atoms with Crippen LogP contribution in [0.2, 0.25) is 0 Å². The molecule has 0 radical (unpaired) electrons. The Bertz CT molecular complexity index is 805. The van der Waals surface area contributed by atoms with Crippen molar-refractivity contribution in [3.05, 3.63) is 68.6 Å². The molecule has 2 saturated heterocycles. The zero-order valence-corrected chi connectivity index (χ0v) is 18.7. The molecular formula is C20H19Br2NO3S. The minimum absolute atomic E-state index is 0.112. The summed E-state index contributed by atoms with van der Waals surface area (Å²) in [5.74, 6) is 0.650. The van der Waals surface area contributed by atoms with Crippen molar-refractivity contribution in [3.8, 4) is 0 Å². The molecular weight excluding hydrogens is 494 g/mol. The Balaban J connectivity index is 1.73. The Morgan fingerprint density at radius 2 is 1.59 bits per heavy atom. The monoisotopic (exact) mass is 511 g/mol. The fourth-order valence-corrected chi connectivity index (χ4v) is 5.29. The number of halogens is 2. The van der Waals surface area contributed by atoms with Crippen molar-refractivity contribution in [2.45, 2.75) is 24.9 Å². The average Bonchev–Trinajstić information content (AvgIpc) is 3.17. The van der Waals surface area contributed by atoms with Crippen molar-refractivity contribution in [3.63, 3.8) is 0 Å². The molecule has 1 unspecified atom stereocenters. The van der Waals surface area contributed by atoms with Gasteiger partial charge in [-0.3, -0.25) is 4.79 Å². The molecule has 0 saturated carbocycles. The molecule has 7 heteroatoms. The summed E-state index contributed by atoms with van der Waals surface area (Å²) in [6, 6.07) is 16.3. The highest BCUT2D eigenvalue weighted by Gasteiger charge is 2.56. The van der Waals surface area contributed by atoms with Gasteiger partial charge in [-0.05, 0) is 35.4 Å². The fraction of sp³-hybridized carbons (Fsp3) is 0.350. The van der Waals surface area contributed by atoms with Crippen LogP contribution in [0.1, 0.15) is 30.5 Å². The van der Waals surface area contributed by atoms with Gasteiger partial charge in [-0.2, -0.15) is 0 Å². The summed E-state index contributed by atoms with van der Waals surface area (Å²) >= 11 is 8.45. The van der Waals surface area contributed by atoms with E-state index in [9.17, 15) is 4.79 Å². The lowest BCUT2D eigenvalue weighted by Crippen LogP contribution is -2.47. The average molecular weight is 513 g/mol. The fourth-order valence-electron chi connectivity index (χ4n) is 3.67. The second-order valence-corrected chi connectivity index (χ2v) is 9.83. The summed E-state index contributed by atoms with van der Waals surface area (Å²) in [5, 5.41) is 0.112. The summed E-state index contributed by atoms with van der Waals surface area (Å²) in [7, 11) is 0. The third-order valence-electron chi connectivity index (χ3n) is 4.88. The van der Waals surface area contributed by atoms with Crippen molar-refractivity contribution in [2.24, 2.45) is 0 Å².